The lowest BCUT2D eigenvalue weighted by molar-refractivity contribution is 1.40. The van der Waals surface area contributed by atoms with Crippen molar-refractivity contribution in [3.63, 3.8) is 0 Å². The molecule has 0 aliphatic rings. The van der Waals surface area contributed by atoms with Gasteiger partial charge < -0.3 is 5.73 Å². The molecule has 2 N–H and O–H groups in total. The summed E-state index contributed by atoms with van der Waals surface area (Å²) in [7, 11) is 0. The highest BCUT2D eigenvalue weighted by Crippen LogP contribution is 2.30. The van der Waals surface area contributed by atoms with Crippen LogP contribution in [-0.2, 0) is 0 Å². The molecule has 4 heteroatoms. The maximum atomic E-state index is 8.91. The van der Waals surface area contributed by atoms with Crippen molar-refractivity contribution in [3.05, 3.63) is 35.3 Å². The lowest BCUT2D eigenvalue weighted by atomic mass is 10.1. The number of hydrogen-bond donors (Lipinski definition) is 1. The third-order valence-corrected chi connectivity index (χ3v) is 2.65. The highest BCUT2D eigenvalue weighted by molar-refractivity contribution is 7.13. The molecule has 0 atom stereocenters. The summed E-state index contributed by atoms with van der Waals surface area (Å²) >= 11 is 1.48. The third kappa shape index (κ3) is 1.34. The molecule has 14 heavy (non-hydrogen) atoms. The molecule has 2 rings (SSSR count). The largest absolute Gasteiger partial charge is 0.398 e. The van der Waals surface area contributed by atoms with E-state index in [2.05, 4.69) is 11.1 Å². The molecule has 0 radical (unpaired) electrons. The van der Waals surface area contributed by atoms with Crippen molar-refractivity contribution in [2.45, 2.75) is 0 Å². The van der Waals surface area contributed by atoms with Crippen LogP contribution in [0.3, 0.4) is 0 Å². The molecule has 0 saturated heterocycles. The molecule has 1 heterocycles. The predicted octanol–water partition coefficient (Wildman–Crippen LogP) is 2.26. The summed E-state index contributed by atoms with van der Waals surface area (Å²) in [6.07, 6.45) is 1.70. The fourth-order valence-corrected chi connectivity index (χ4v) is 1.97. The quantitative estimate of drug-likeness (QED) is 0.720. The average Bonchev–Trinajstić information content (AvgIpc) is 2.70. The number of nitrogens with zero attached hydrogens (tertiary/aromatic N) is 2. The number of benzene rings is 1. The first-order chi connectivity index (χ1) is 6.83. The molecule has 0 spiro atoms. The number of nitrogens with two attached hydrogens (primary N) is 1. The zero-order valence-corrected chi connectivity index (χ0v) is 8.08. The second kappa shape index (κ2) is 3.48. The van der Waals surface area contributed by atoms with Crippen molar-refractivity contribution < 1.29 is 0 Å². The molecule has 2 aromatic rings. The van der Waals surface area contributed by atoms with Gasteiger partial charge >= 0.3 is 0 Å². The first-order valence-corrected chi connectivity index (χ1v) is 4.89. The Labute approximate surface area is 85.4 Å². The van der Waals surface area contributed by atoms with Crippen LogP contribution in [0.25, 0.3) is 10.6 Å². The number of nitrogen functional groups attached to an aromatic ring is 1. The Bertz CT molecular complexity index is 483. The zero-order valence-electron chi connectivity index (χ0n) is 7.27. The van der Waals surface area contributed by atoms with Crippen LogP contribution in [0.5, 0.6) is 0 Å². The summed E-state index contributed by atoms with van der Waals surface area (Å²) in [5.74, 6) is 0. The summed E-state index contributed by atoms with van der Waals surface area (Å²) in [6, 6.07) is 7.40. The monoisotopic (exact) mass is 201 g/mol. The van der Waals surface area contributed by atoms with Gasteiger partial charge in [-0.05, 0) is 12.1 Å². The molecule has 1 aromatic carbocycles. The van der Waals surface area contributed by atoms with E-state index in [0.29, 0.717) is 11.3 Å². The Balaban J connectivity index is 2.69. The molecule has 0 aliphatic carbocycles. The lowest BCUT2D eigenvalue weighted by Gasteiger charge is -2.03. The highest BCUT2D eigenvalue weighted by atomic mass is 32.1. The van der Waals surface area contributed by atoms with Gasteiger partial charge in [0.25, 0.3) is 0 Å². The summed E-state index contributed by atoms with van der Waals surface area (Å²) in [5.41, 5.74) is 7.71. The highest BCUT2D eigenvalue weighted by Gasteiger charge is 2.09. The van der Waals surface area contributed by atoms with Crippen LogP contribution in [0.2, 0.25) is 0 Å². The number of anilines is 1. The van der Waals surface area contributed by atoms with Crippen LogP contribution in [-0.4, -0.2) is 4.98 Å². The molecule has 68 valence electrons. The average molecular weight is 201 g/mol. The first-order valence-electron chi connectivity index (χ1n) is 4.01. The number of rotatable bonds is 1. The Morgan fingerprint density at radius 2 is 2.29 bits per heavy atom. The molecule has 0 unspecified atom stereocenters. The van der Waals surface area contributed by atoms with Gasteiger partial charge in [-0.3, -0.25) is 0 Å². The van der Waals surface area contributed by atoms with Gasteiger partial charge in [0.05, 0.1) is 17.2 Å². The van der Waals surface area contributed by atoms with E-state index in [4.69, 9.17) is 11.0 Å². The van der Waals surface area contributed by atoms with E-state index >= 15 is 0 Å². The molecule has 1 aromatic heterocycles. The smallest absolute Gasteiger partial charge is 0.126 e. The number of thiazole rings is 1. The number of nitriles is 1. The van der Waals surface area contributed by atoms with E-state index in [9.17, 15) is 0 Å². The minimum absolute atomic E-state index is 0.569. The molecular weight excluding hydrogens is 194 g/mol. The molecule has 0 saturated carbocycles. The molecule has 0 fully saturated rings. The fraction of sp³-hybridized carbons (Fsp3) is 0. The van der Waals surface area contributed by atoms with Crippen molar-refractivity contribution in [2.75, 3.05) is 5.73 Å². The van der Waals surface area contributed by atoms with Gasteiger partial charge in [0.1, 0.15) is 5.01 Å². The summed E-state index contributed by atoms with van der Waals surface area (Å²) in [6.45, 7) is 0. The zero-order chi connectivity index (χ0) is 9.97. The minimum atomic E-state index is 0.569. The van der Waals surface area contributed by atoms with E-state index in [-0.39, 0.29) is 0 Å². The van der Waals surface area contributed by atoms with E-state index < -0.39 is 0 Å². The van der Waals surface area contributed by atoms with Gasteiger partial charge in [-0.25, -0.2) is 4.98 Å². The normalized spacial score (nSPS) is 9.64. The second-order valence-electron chi connectivity index (χ2n) is 2.72. The van der Waals surface area contributed by atoms with Crippen LogP contribution in [0, 0.1) is 11.3 Å². The second-order valence-corrected chi connectivity index (χ2v) is 3.61. The van der Waals surface area contributed by atoms with Crippen LogP contribution in [0.15, 0.2) is 29.8 Å². The molecular formula is C10H7N3S. The van der Waals surface area contributed by atoms with Crippen LogP contribution >= 0.6 is 11.3 Å². The van der Waals surface area contributed by atoms with E-state index in [1.54, 1.807) is 24.4 Å². The van der Waals surface area contributed by atoms with Crippen molar-refractivity contribution >= 4 is 17.0 Å². The van der Waals surface area contributed by atoms with Crippen LogP contribution in [0.4, 0.5) is 5.69 Å². The summed E-state index contributed by atoms with van der Waals surface area (Å²) in [5, 5.41) is 11.6. The topological polar surface area (TPSA) is 62.7 Å². The molecule has 0 aliphatic heterocycles. The first kappa shape index (κ1) is 8.73. The fourth-order valence-electron chi connectivity index (χ4n) is 1.25. The van der Waals surface area contributed by atoms with Crippen molar-refractivity contribution in [1.29, 1.82) is 5.26 Å². The van der Waals surface area contributed by atoms with Gasteiger partial charge in [-0.15, -0.1) is 11.3 Å². The molecule has 0 amide bonds. The van der Waals surface area contributed by atoms with Gasteiger partial charge in [0, 0.05) is 17.3 Å². The maximum Gasteiger partial charge on any atom is 0.126 e. The number of aromatic nitrogens is 1. The Morgan fingerprint density at radius 3 is 2.93 bits per heavy atom. The standard InChI is InChI=1S/C10H7N3S/c11-6-7-2-1-3-8(12)9(7)10-13-4-5-14-10/h1-5H,12H2. The van der Waals surface area contributed by atoms with E-state index in [1.807, 2.05) is 5.38 Å². The third-order valence-electron chi connectivity index (χ3n) is 1.86. The maximum absolute atomic E-state index is 8.91. The van der Waals surface area contributed by atoms with Gasteiger partial charge in [-0.1, -0.05) is 6.07 Å². The molecule has 3 nitrogen and oxygen atoms in total. The lowest BCUT2D eigenvalue weighted by Crippen LogP contribution is -1.92. The van der Waals surface area contributed by atoms with Gasteiger partial charge in [0.15, 0.2) is 0 Å². The van der Waals surface area contributed by atoms with E-state index in [0.717, 1.165) is 10.6 Å². The van der Waals surface area contributed by atoms with Gasteiger partial charge in [-0.2, -0.15) is 5.26 Å². The van der Waals surface area contributed by atoms with Crippen molar-refractivity contribution in [2.24, 2.45) is 0 Å². The molecule has 0 bridgehead atoms. The Kier molecular flexibility index (Phi) is 2.17. The summed E-state index contributed by atoms with van der Waals surface area (Å²) < 4.78 is 0. The Morgan fingerprint density at radius 1 is 1.43 bits per heavy atom. The number of hydrogen-bond acceptors (Lipinski definition) is 4. The van der Waals surface area contributed by atoms with Crippen molar-refractivity contribution in [3.8, 4) is 16.6 Å². The predicted molar refractivity (Wildman–Crippen MR) is 56.7 cm³/mol. The van der Waals surface area contributed by atoms with Crippen LogP contribution < -0.4 is 5.73 Å². The Hall–Kier alpha value is -1.86. The SMILES string of the molecule is N#Cc1cccc(N)c1-c1nccs1. The van der Waals surface area contributed by atoms with Crippen molar-refractivity contribution in [1.82, 2.24) is 4.98 Å². The van der Waals surface area contributed by atoms with E-state index in [1.165, 1.54) is 11.3 Å². The summed E-state index contributed by atoms with van der Waals surface area (Å²) in [4.78, 5) is 4.14. The van der Waals surface area contributed by atoms with Gasteiger partial charge in [0.2, 0.25) is 0 Å². The van der Waals surface area contributed by atoms with Crippen LogP contribution in [0.1, 0.15) is 5.56 Å². The minimum Gasteiger partial charge on any atom is -0.398 e.